The van der Waals surface area contributed by atoms with Gasteiger partial charge in [-0.2, -0.15) is 0 Å². The van der Waals surface area contributed by atoms with Crippen LogP contribution in [-0.4, -0.2) is 13.9 Å². The van der Waals surface area contributed by atoms with Crippen LogP contribution in [0.4, 0.5) is 0 Å². The molecule has 0 heterocycles. The molecule has 40 heavy (non-hydrogen) atoms. The van der Waals surface area contributed by atoms with E-state index in [4.69, 9.17) is 4.43 Å². The summed E-state index contributed by atoms with van der Waals surface area (Å²) in [7, 11) is -2.64. The van der Waals surface area contributed by atoms with Gasteiger partial charge in [0.25, 0.3) is 8.32 Å². The van der Waals surface area contributed by atoms with E-state index in [2.05, 4.69) is 127 Å². The highest BCUT2D eigenvalue weighted by Crippen LogP contribution is 2.66. The van der Waals surface area contributed by atoms with Gasteiger partial charge in [0.1, 0.15) is 0 Å². The van der Waals surface area contributed by atoms with Gasteiger partial charge in [-0.1, -0.05) is 125 Å². The highest BCUT2D eigenvalue weighted by molar-refractivity contribution is 6.99. The molecule has 0 spiro atoms. The Balaban J connectivity index is 1.46. The van der Waals surface area contributed by atoms with Crippen LogP contribution in [0.5, 0.6) is 0 Å². The molecule has 0 amide bonds. The topological polar surface area (TPSA) is 9.23 Å². The zero-order valence-electron chi connectivity index (χ0n) is 26.0. The van der Waals surface area contributed by atoms with E-state index in [9.17, 15) is 0 Å². The van der Waals surface area contributed by atoms with Crippen molar-refractivity contribution in [3.8, 4) is 0 Å². The fourth-order valence-corrected chi connectivity index (χ4v) is 15.0. The van der Waals surface area contributed by atoms with Gasteiger partial charge in [0, 0.05) is 0 Å². The van der Waals surface area contributed by atoms with Crippen LogP contribution >= 0.6 is 0 Å². The first-order valence-corrected chi connectivity index (χ1v) is 17.8. The zero-order chi connectivity index (χ0) is 28.4. The van der Waals surface area contributed by atoms with Crippen LogP contribution in [0.1, 0.15) is 96.8 Å². The Morgan fingerprint density at radius 3 is 1.98 bits per heavy atom. The Bertz CT molecular complexity index is 1320. The highest BCUT2D eigenvalue weighted by Gasteiger charge is 2.63. The fraction of sp³-hybridized carbons (Fsp3) is 0.526. The van der Waals surface area contributed by atoms with Gasteiger partial charge < -0.3 is 4.43 Å². The van der Waals surface area contributed by atoms with Crippen molar-refractivity contribution in [2.75, 3.05) is 0 Å². The monoisotopic (exact) mass is 550 g/mol. The number of hydrogen-bond donors (Lipinski definition) is 0. The van der Waals surface area contributed by atoms with E-state index in [1.54, 1.807) is 11.1 Å². The minimum atomic E-state index is -2.64. The van der Waals surface area contributed by atoms with Gasteiger partial charge in [0.05, 0.1) is 5.60 Å². The Morgan fingerprint density at radius 1 is 0.750 bits per heavy atom. The van der Waals surface area contributed by atoms with Crippen LogP contribution in [0.25, 0.3) is 0 Å². The zero-order valence-corrected chi connectivity index (χ0v) is 27.0. The molecule has 0 aromatic heterocycles. The molecule has 212 valence electrons. The van der Waals surface area contributed by atoms with E-state index in [1.165, 1.54) is 54.5 Å². The van der Waals surface area contributed by atoms with Crippen molar-refractivity contribution in [3.05, 3.63) is 95.6 Å². The fourth-order valence-electron chi connectivity index (χ4n) is 10.1. The lowest BCUT2D eigenvalue weighted by Crippen LogP contribution is -2.72. The van der Waals surface area contributed by atoms with E-state index in [-0.39, 0.29) is 21.5 Å². The third-order valence-corrected chi connectivity index (χ3v) is 17.0. The van der Waals surface area contributed by atoms with E-state index in [0.717, 1.165) is 6.42 Å². The van der Waals surface area contributed by atoms with Gasteiger partial charge in [0.2, 0.25) is 0 Å². The molecule has 5 atom stereocenters. The van der Waals surface area contributed by atoms with Crippen LogP contribution in [0.15, 0.2) is 78.9 Å². The quantitative estimate of drug-likeness (QED) is 0.295. The molecule has 2 fully saturated rings. The van der Waals surface area contributed by atoms with Gasteiger partial charge in [-0.3, -0.25) is 0 Å². The lowest BCUT2D eigenvalue weighted by molar-refractivity contribution is -0.150. The number of benzene rings is 3. The first-order valence-electron chi connectivity index (χ1n) is 15.9. The minimum absolute atomic E-state index is 0.00259. The van der Waals surface area contributed by atoms with Crippen molar-refractivity contribution in [2.24, 2.45) is 17.3 Å². The molecule has 6 rings (SSSR count). The van der Waals surface area contributed by atoms with E-state index >= 15 is 0 Å². The van der Waals surface area contributed by atoms with Crippen LogP contribution in [0.3, 0.4) is 0 Å². The van der Waals surface area contributed by atoms with Gasteiger partial charge >= 0.3 is 0 Å². The SMILES string of the molecule is Cc1ccc2c(c1)CC[C@@H]1[C@@]3(C)CCC[C@](C)(O[Si](c4ccccc4)(c4ccccc4)C(C)(C)C)[C@@H]3CC[C@@]21C. The molecular weight excluding hydrogens is 501 g/mol. The van der Waals surface area contributed by atoms with Crippen molar-refractivity contribution in [3.63, 3.8) is 0 Å². The summed E-state index contributed by atoms with van der Waals surface area (Å²) in [6, 6.07) is 29.9. The van der Waals surface area contributed by atoms with Gasteiger partial charge in [-0.15, -0.1) is 0 Å². The highest BCUT2D eigenvalue weighted by atomic mass is 28.4. The van der Waals surface area contributed by atoms with Crippen molar-refractivity contribution < 1.29 is 4.43 Å². The maximum Gasteiger partial charge on any atom is 0.261 e. The summed E-state index contributed by atoms with van der Waals surface area (Å²) in [4.78, 5) is 0. The molecule has 3 aromatic rings. The molecule has 0 radical (unpaired) electrons. The molecule has 3 aromatic carbocycles. The maximum atomic E-state index is 8.07. The Hall–Kier alpha value is -2.16. The number of hydrogen-bond acceptors (Lipinski definition) is 1. The summed E-state index contributed by atoms with van der Waals surface area (Å²) in [5, 5.41) is 2.81. The second-order valence-electron chi connectivity index (χ2n) is 15.2. The molecule has 0 N–H and O–H groups in total. The largest absolute Gasteiger partial charge is 0.402 e. The van der Waals surface area contributed by atoms with Crippen LogP contribution in [-0.2, 0) is 16.3 Å². The van der Waals surface area contributed by atoms with E-state index in [1.807, 2.05) is 0 Å². The maximum absolute atomic E-state index is 8.07. The number of fused-ring (bicyclic) bond motifs is 5. The molecule has 0 saturated heterocycles. The molecule has 0 aliphatic heterocycles. The predicted molar refractivity (Wildman–Crippen MR) is 172 cm³/mol. The lowest BCUT2D eigenvalue weighted by Gasteiger charge is -2.65. The molecule has 2 heteroatoms. The first kappa shape index (κ1) is 28.0. The number of aryl methyl sites for hydroxylation is 2. The van der Waals surface area contributed by atoms with Gasteiger partial charge in [0.15, 0.2) is 0 Å². The van der Waals surface area contributed by atoms with Crippen molar-refractivity contribution in [1.82, 2.24) is 0 Å². The smallest absolute Gasteiger partial charge is 0.261 e. The molecule has 3 aliphatic carbocycles. The van der Waals surface area contributed by atoms with Gasteiger partial charge in [-0.05, 0) is 102 Å². The average molecular weight is 551 g/mol. The van der Waals surface area contributed by atoms with Crippen LogP contribution in [0, 0.1) is 24.2 Å². The summed E-state index contributed by atoms with van der Waals surface area (Å²) in [6.07, 6.45) is 8.82. The van der Waals surface area contributed by atoms with Crippen LogP contribution < -0.4 is 10.4 Å². The predicted octanol–water partition coefficient (Wildman–Crippen LogP) is 8.75. The summed E-state index contributed by atoms with van der Waals surface area (Å²) in [5.74, 6) is 1.27. The summed E-state index contributed by atoms with van der Waals surface area (Å²) >= 11 is 0. The Kier molecular flexibility index (Phi) is 6.79. The lowest BCUT2D eigenvalue weighted by atomic mass is 9.42. The molecule has 0 unspecified atom stereocenters. The normalized spacial score (nSPS) is 32.1. The number of rotatable bonds is 4. The molecule has 3 aliphatic rings. The Morgan fingerprint density at radius 2 is 1.38 bits per heavy atom. The van der Waals surface area contributed by atoms with Gasteiger partial charge in [-0.25, -0.2) is 0 Å². The van der Waals surface area contributed by atoms with Crippen molar-refractivity contribution in [2.45, 2.75) is 109 Å². The van der Waals surface area contributed by atoms with E-state index < -0.39 is 8.32 Å². The molecular formula is C38H50OSi. The molecule has 0 bridgehead atoms. The summed E-state index contributed by atoms with van der Waals surface area (Å²) in [5.41, 5.74) is 5.07. The summed E-state index contributed by atoms with van der Waals surface area (Å²) < 4.78 is 8.07. The van der Waals surface area contributed by atoms with Crippen LogP contribution in [0.2, 0.25) is 5.04 Å². The molecule has 2 saturated carbocycles. The molecule has 1 nitrogen and oxygen atoms in total. The standard InChI is InChI=1S/C38H50OSi/c1-28-19-21-32-29(27-28)20-22-33-36(32,5)26-23-34-37(33,6)24-14-25-38(34,7)39-40(35(2,3)4,30-15-10-8-11-16-30)31-17-12-9-13-18-31/h8-13,15-19,21,27,33-34H,14,20,22-26H2,1-7H3/t33-,34+,36-,37+,38-/m0/s1. The van der Waals surface area contributed by atoms with Crippen molar-refractivity contribution in [1.29, 1.82) is 0 Å². The first-order chi connectivity index (χ1) is 18.9. The third-order valence-electron chi connectivity index (χ3n) is 11.8. The van der Waals surface area contributed by atoms with E-state index in [0.29, 0.717) is 11.8 Å². The second kappa shape index (κ2) is 9.70. The summed E-state index contributed by atoms with van der Waals surface area (Å²) in [6.45, 7) is 17.4. The van der Waals surface area contributed by atoms with Crippen molar-refractivity contribution >= 4 is 18.7 Å². The Labute approximate surface area is 244 Å². The second-order valence-corrected chi connectivity index (χ2v) is 19.4. The third kappa shape index (κ3) is 4.11. The minimum Gasteiger partial charge on any atom is -0.402 e. The average Bonchev–Trinajstić information content (AvgIpc) is 2.91.